The van der Waals surface area contributed by atoms with Crippen molar-refractivity contribution < 1.29 is 4.74 Å². The largest absolute Gasteiger partial charge is 0.374 e. The van der Waals surface area contributed by atoms with Crippen LogP contribution >= 0.6 is 11.3 Å². The molecule has 2 unspecified atom stereocenters. The van der Waals surface area contributed by atoms with Crippen LogP contribution in [0.5, 0.6) is 0 Å². The minimum absolute atomic E-state index is 0.118. The molecule has 0 aromatic carbocycles. The Labute approximate surface area is 132 Å². The predicted octanol–water partition coefficient (Wildman–Crippen LogP) is 2.81. The number of ether oxygens (including phenoxy) is 1. The van der Waals surface area contributed by atoms with Crippen molar-refractivity contribution in [2.24, 2.45) is 0 Å². The van der Waals surface area contributed by atoms with Gasteiger partial charge in [-0.25, -0.2) is 4.98 Å². The maximum atomic E-state index is 6.02. The Kier molecular flexibility index (Phi) is 5.77. The number of likely N-dealkylation sites (N-methyl/N-ethyl adjacent to an activating group) is 1. The van der Waals surface area contributed by atoms with Crippen LogP contribution in [-0.2, 0) is 10.2 Å². The lowest BCUT2D eigenvalue weighted by molar-refractivity contribution is -0.0716. The highest BCUT2D eigenvalue weighted by atomic mass is 32.1. The molecule has 120 valence electrons. The van der Waals surface area contributed by atoms with Crippen molar-refractivity contribution in [3.63, 3.8) is 0 Å². The Morgan fingerprint density at radius 1 is 1.48 bits per heavy atom. The molecule has 1 N–H and O–H groups in total. The number of aromatic nitrogens is 1. The van der Waals surface area contributed by atoms with E-state index in [1.54, 1.807) is 11.3 Å². The van der Waals surface area contributed by atoms with Gasteiger partial charge in [0.1, 0.15) is 0 Å². The summed E-state index contributed by atoms with van der Waals surface area (Å²) in [7, 11) is 1.99. The summed E-state index contributed by atoms with van der Waals surface area (Å²) in [5, 5.41) is 6.70. The van der Waals surface area contributed by atoms with E-state index in [4.69, 9.17) is 9.72 Å². The molecule has 0 amide bonds. The van der Waals surface area contributed by atoms with Gasteiger partial charge in [0.05, 0.1) is 29.5 Å². The Hall–Kier alpha value is -0.490. The standard InChI is InChI=1S/C16H29N3OS/c1-6-7-19-8-9-20-13(10-17-5)14(19)12-11-21-15(18-12)16(2,3)4/h11,13-14,17H,6-10H2,1-5H3. The summed E-state index contributed by atoms with van der Waals surface area (Å²) in [5.74, 6) is 0. The zero-order valence-electron chi connectivity index (χ0n) is 14.0. The van der Waals surface area contributed by atoms with Crippen LogP contribution in [0.1, 0.15) is 50.9 Å². The topological polar surface area (TPSA) is 37.4 Å². The number of nitrogens with zero attached hydrogens (tertiary/aromatic N) is 2. The Morgan fingerprint density at radius 2 is 2.24 bits per heavy atom. The summed E-state index contributed by atoms with van der Waals surface area (Å²) in [6, 6.07) is 0.276. The van der Waals surface area contributed by atoms with Crippen LogP contribution in [0.4, 0.5) is 0 Å². The second kappa shape index (κ2) is 7.18. The lowest BCUT2D eigenvalue weighted by Gasteiger charge is -2.40. The summed E-state index contributed by atoms with van der Waals surface area (Å²) >= 11 is 1.78. The summed E-state index contributed by atoms with van der Waals surface area (Å²) < 4.78 is 6.02. The molecule has 1 fully saturated rings. The molecule has 0 spiro atoms. The van der Waals surface area contributed by atoms with Crippen molar-refractivity contribution in [3.05, 3.63) is 16.1 Å². The number of nitrogens with one attached hydrogen (secondary N) is 1. The average Bonchev–Trinajstić information content (AvgIpc) is 2.89. The van der Waals surface area contributed by atoms with E-state index in [9.17, 15) is 0 Å². The zero-order valence-corrected chi connectivity index (χ0v) is 14.8. The molecule has 1 saturated heterocycles. The molecule has 2 rings (SSSR count). The van der Waals surface area contributed by atoms with Crippen LogP contribution in [0.2, 0.25) is 0 Å². The van der Waals surface area contributed by atoms with E-state index >= 15 is 0 Å². The van der Waals surface area contributed by atoms with Crippen LogP contribution in [0.25, 0.3) is 0 Å². The Balaban J connectivity index is 2.26. The molecule has 1 aromatic heterocycles. The molecule has 2 heterocycles. The highest BCUT2D eigenvalue weighted by Gasteiger charge is 2.35. The van der Waals surface area contributed by atoms with E-state index in [0.717, 1.165) is 26.2 Å². The number of thiazole rings is 1. The van der Waals surface area contributed by atoms with Gasteiger partial charge in [0.15, 0.2) is 0 Å². The van der Waals surface area contributed by atoms with Gasteiger partial charge in [-0.3, -0.25) is 4.90 Å². The van der Waals surface area contributed by atoms with Gasteiger partial charge in [-0.2, -0.15) is 0 Å². The van der Waals surface area contributed by atoms with Gasteiger partial charge in [0.25, 0.3) is 0 Å². The summed E-state index contributed by atoms with van der Waals surface area (Å²) in [4.78, 5) is 7.47. The van der Waals surface area contributed by atoms with Crippen molar-refractivity contribution >= 4 is 11.3 Å². The first kappa shape index (κ1) is 16.9. The highest BCUT2D eigenvalue weighted by molar-refractivity contribution is 7.09. The maximum absolute atomic E-state index is 6.02. The Morgan fingerprint density at radius 3 is 2.81 bits per heavy atom. The van der Waals surface area contributed by atoms with Crippen LogP contribution < -0.4 is 5.32 Å². The van der Waals surface area contributed by atoms with E-state index in [1.807, 2.05) is 7.05 Å². The molecule has 0 radical (unpaired) electrons. The fourth-order valence-electron chi connectivity index (χ4n) is 2.84. The van der Waals surface area contributed by atoms with Crippen molar-refractivity contribution in [1.29, 1.82) is 0 Å². The first-order chi connectivity index (χ1) is 9.97. The van der Waals surface area contributed by atoms with Crippen LogP contribution in [0.3, 0.4) is 0 Å². The molecule has 0 bridgehead atoms. The van der Waals surface area contributed by atoms with Gasteiger partial charge in [-0.05, 0) is 20.0 Å². The van der Waals surface area contributed by atoms with Crippen LogP contribution in [0.15, 0.2) is 5.38 Å². The van der Waals surface area contributed by atoms with Gasteiger partial charge in [0, 0.05) is 23.9 Å². The van der Waals surface area contributed by atoms with E-state index in [2.05, 4.69) is 43.3 Å². The lowest BCUT2D eigenvalue weighted by Crippen LogP contribution is -2.49. The minimum Gasteiger partial charge on any atom is -0.374 e. The van der Waals surface area contributed by atoms with Gasteiger partial charge in [-0.1, -0.05) is 27.7 Å². The third kappa shape index (κ3) is 4.03. The number of rotatable bonds is 5. The van der Waals surface area contributed by atoms with Crippen molar-refractivity contribution in [2.75, 3.05) is 33.3 Å². The lowest BCUT2D eigenvalue weighted by atomic mass is 9.98. The zero-order chi connectivity index (χ0) is 15.5. The number of morpholine rings is 1. The van der Waals surface area contributed by atoms with Crippen molar-refractivity contribution in [2.45, 2.75) is 51.7 Å². The molecule has 1 aromatic rings. The minimum atomic E-state index is 0.118. The van der Waals surface area contributed by atoms with E-state index in [0.29, 0.717) is 0 Å². The quantitative estimate of drug-likeness (QED) is 0.907. The van der Waals surface area contributed by atoms with Gasteiger partial charge >= 0.3 is 0 Å². The highest BCUT2D eigenvalue weighted by Crippen LogP contribution is 2.33. The second-order valence-electron chi connectivity index (χ2n) is 6.78. The molecular formula is C16H29N3OS. The number of hydrogen-bond acceptors (Lipinski definition) is 5. The molecule has 0 saturated carbocycles. The van der Waals surface area contributed by atoms with E-state index < -0.39 is 0 Å². The summed E-state index contributed by atoms with van der Waals surface area (Å²) in [6.45, 7) is 12.7. The third-order valence-electron chi connectivity index (χ3n) is 3.84. The molecule has 5 heteroatoms. The number of hydrogen-bond donors (Lipinski definition) is 1. The Bertz CT molecular complexity index is 423. The van der Waals surface area contributed by atoms with Crippen LogP contribution in [0, 0.1) is 0 Å². The van der Waals surface area contributed by atoms with E-state index in [-0.39, 0.29) is 17.6 Å². The normalized spacial score (nSPS) is 24.4. The van der Waals surface area contributed by atoms with E-state index in [1.165, 1.54) is 17.1 Å². The summed E-state index contributed by atoms with van der Waals surface area (Å²) in [5.41, 5.74) is 1.30. The molecular weight excluding hydrogens is 282 g/mol. The first-order valence-corrected chi connectivity index (χ1v) is 8.81. The predicted molar refractivity (Wildman–Crippen MR) is 89.1 cm³/mol. The SMILES string of the molecule is CCCN1CCOC(CNC)C1c1csc(C(C)(C)C)n1. The molecule has 1 aliphatic heterocycles. The van der Waals surface area contributed by atoms with Crippen LogP contribution in [-0.4, -0.2) is 49.3 Å². The second-order valence-corrected chi connectivity index (χ2v) is 7.63. The molecule has 0 aliphatic carbocycles. The molecule has 2 atom stereocenters. The molecule has 1 aliphatic rings. The third-order valence-corrected chi connectivity index (χ3v) is 5.12. The van der Waals surface area contributed by atoms with Gasteiger partial charge in [0.2, 0.25) is 0 Å². The fraction of sp³-hybridized carbons (Fsp3) is 0.812. The maximum Gasteiger partial charge on any atom is 0.0982 e. The first-order valence-electron chi connectivity index (χ1n) is 7.93. The molecule has 21 heavy (non-hydrogen) atoms. The molecule has 4 nitrogen and oxygen atoms in total. The monoisotopic (exact) mass is 311 g/mol. The van der Waals surface area contributed by atoms with Crippen molar-refractivity contribution in [1.82, 2.24) is 15.2 Å². The smallest absolute Gasteiger partial charge is 0.0982 e. The fourth-order valence-corrected chi connectivity index (χ4v) is 3.78. The van der Waals surface area contributed by atoms with Gasteiger partial charge < -0.3 is 10.1 Å². The van der Waals surface area contributed by atoms with Crippen molar-refractivity contribution in [3.8, 4) is 0 Å². The average molecular weight is 311 g/mol. The van der Waals surface area contributed by atoms with Gasteiger partial charge in [-0.15, -0.1) is 11.3 Å². The summed E-state index contributed by atoms with van der Waals surface area (Å²) in [6.07, 6.45) is 1.35.